The Bertz CT molecular complexity index is 1480. The van der Waals surface area contributed by atoms with Crippen molar-refractivity contribution in [1.82, 2.24) is 9.55 Å². The van der Waals surface area contributed by atoms with E-state index in [-0.39, 0.29) is 23.3 Å². The Morgan fingerprint density at radius 1 is 0.919 bits per heavy atom. The Morgan fingerprint density at radius 2 is 1.51 bits per heavy atom. The third-order valence-electron chi connectivity index (χ3n) is 6.02. The SMILES string of the molecule is COc1cc2c(=O)n(-c3ccc(C(O)(C(F)(F)F)C(F)(F)F)cc3)c(Cc3ccccc3)nc2cc1C. The molecule has 4 aromatic rings. The summed E-state index contributed by atoms with van der Waals surface area (Å²) in [5.74, 6) is 0.618. The van der Waals surface area contributed by atoms with Crippen LogP contribution in [-0.4, -0.2) is 34.1 Å². The molecule has 1 aromatic heterocycles. The van der Waals surface area contributed by atoms with Gasteiger partial charge in [-0.05, 0) is 42.3 Å². The fourth-order valence-electron chi connectivity index (χ4n) is 4.09. The molecule has 0 saturated heterocycles. The maximum atomic E-state index is 13.6. The third-order valence-corrected chi connectivity index (χ3v) is 6.02. The number of ether oxygens (including phenoxy) is 1. The molecule has 5 nitrogen and oxygen atoms in total. The fraction of sp³-hybridized carbons (Fsp3) is 0.231. The number of halogens is 6. The second-order valence-electron chi connectivity index (χ2n) is 8.42. The van der Waals surface area contributed by atoms with E-state index < -0.39 is 29.1 Å². The number of fused-ring (bicyclic) bond motifs is 1. The van der Waals surface area contributed by atoms with Crippen LogP contribution in [0.2, 0.25) is 0 Å². The van der Waals surface area contributed by atoms with E-state index in [0.29, 0.717) is 29.0 Å². The summed E-state index contributed by atoms with van der Waals surface area (Å²) >= 11 is 0. The van der Waals surface area contributed by atoms with Crippen LogP contribution < -0.4 is 10.3 Å². The highest BCUT2D eigenvalue weighted by atomic mass is 19.4. The summed E-state index contributed by atoms with van der Waals surface area (Å²) < 4.78 is 86.3. The molecule has 0 aliphatic heterocycles. The number of benzene rings is 3. The number of hydrogen-bond acceptors (Lipinski definition) is 4. The van der Waals surface area contributed by atoms with Crippen LogP contribution >= 0.6 is 0 Å². The van der Waals surface area contributed by atoms with Crippen LogP contribution in [0.3, 0.4) is 0 Å². The van der Waals surface area contributed by atoms with Gasteiger partial charge in [0.2, 0.25) is 0 Å². The predicted molar refractivity (Wildman–Crippen MR) is 124 cm³/mol. The quantitative estimate of drug-likeness (QED) is 0.347. The van der Waals surface area contributed by atoms with Crippen molar-refractivity contribution in [2.45, 2.75) is 31.3 Å². The molecule has 0 bridgehead atoms. The van der Waals surface area contributed by atoms with Gasteiger partial charge in [-0.2, -0.15) is 26.3 Å². The molecule has 0 atom stereocenters. The van der Waals surface area contributed by atoms with Gasteiger partial charge in [0, 0.05) is 12.0 Å². The van der Waals surface area contributed by atoms with Gasteiger partial charge in [0.05, 0.1) is 23.7 Å². The standard InChI is InChI=1S/C26H20F6N2O3/c1-15-12-20-19(14-21(15)37-2)23(35)34(22(33-20)13-16-6-4-3-5-7-16)18-10-8-17(9-11-18)24(36,25(27,28)29)26(30,31)32/h3-12,14,36H,13H2,1-2H3. The smallest absolute Gasteiger partial charge is 0.430 e. The molecule has 1 heterocycles. The van der Waals surface area contributed by atoms with E-state index in [1.165, 1.54) is 13.2 Å². The fourth-order valence-corrected chi connectivity index (χ4v) is 4.09. The Labute approximate surface area is 206 Å². The second-order valence-corrected chi connectivity index (χ2v) is 8.42. The van der Waals surface area contributed by atoms with Gasteiger partial charge in [0.25, 0.3) is 11.2 Å². The topological polar surface area (TPSA) is 64.3 Å². The number of aromatic nitrogens is 2. The zero-order valence-corrected chi connectivity index (χ0v) is 19.5. The molecule has 0 radical (unpaired) electrons. The molecule has 4 rings (SSSR count). The lowest BCUT2D eigenvalue weighted by Crippen LogP contribution is -2.53. The number of nitrogens with zero attached hydrogens (tertiary/aromatic N) is 2. The lowest BCUT2D eigenvalue weighted by molar-refractivity contribution is -0.376. The first-order valence-electron chi connectivity index (χ1n) is 10.9. The minimum Gasteiger partial charge on any atom is -0.496 e. The highest BCUT2D eigenvalue weighted by molar-refractivity contribution is 5.81. The number of aryl methyl sites for hydroxylation is 1. The average Bonchev–Trinajstić information content (AvgIpc) is 2.83. The number of methoxy groups -OCH3 is 1. The number of aliphatic hydroxyl groups is 1. The molecule has 37 heavy (non-hydrogen) atoms. The number of alkyl halides is 6. The van der Waals surface area contributed by atoms with Crippen molar-refractivity contribution in [3.63, 3.8) is 0 Å². The van der Waals surface area contributed by atoms with Gasteiger partial charge in [-0.25, -0.2) is 4.98 Å². The van der Waals surface area contributed by atoms with Gasteiger partial charge in [0.15, 0.2) is 0 Å². The molecule has 0 aliphatic carbocycles. The molecule has 0 unspecified atom stereocenters. The van der Waals surface area contributed by atoms with Crippen LogP contribution in [-0.2, 0) is 12.0 Å². The molecule has 3 aromatic carbocycles. The first kappa shape index (κ1) is 26.2. The van der Waals surface area contributed by atoms with E-state index in [1.54, 1.807) is 43.3 Å². The Hall–Kier alpha value is -3.86. The largest absolute Gasteiger partial charge is 0.496 e. The summed E-state index contributed by atoms with van der Waals surface area (Å²) in [5, 5.41) is 9.85. The lowest BCUT2D eigenvalue weighted by Gasteiger charge is -2.32. The molecular weight excluding hydrogens is 502 g/mol. The van der Waals surface area contributed by atoms with Gasteiger partial charge < -0.3 is 9.84 Å². The lowest BCUT2D eigenvalue weighted by atomic mass is 9.92. The molecule has 0 amide bonds. The molecule has 11 heteroatoms. The minimum atomic E-state index is -6.03. The highest BCUT2D eigenvalue weighted by Crippen LogP contribution is 2.50. The van der Waals surface area contributed by atoms with Crippen LogP contribution in [0.15, 0.2) is 71.5 Å². The average molecular weight is 522 g/mol. The molecule has 0 fully saturated rings. The zero-order chi connectivity index (χ0) is 27.2. The van der Waals surface area contributed by atoms with E-state index in [4.69, 9.17) is 4.74 Å². The van der Waals surface area contributed by atoms with E-state index >= 15 is 0 Å². The first-order valence-corrected chi connectivity index (χ1v) is 10.9. The normalized spacial score (nSPS) is 12.7. The van der Waals surface area contributed by atoms with E-state index in [0.717, 1.165) is 22.3 Å². The van der Waals surface area contributed by atoms with Crippen molar-refractivity contribution in [3.8, 4) is 11.4 Å². The van der Waals surface area contributed by atoms with Crippen molar-refractivity contribution in [2.24, 2.45) is 0 Å². The Kier molecular flexibility index (Phi) is 6.53. The summed E-state index contributed by atoms with van der Waals surface area (Å²) in [6, 6.07) is 14.9. The molecule has 0 spiro atoms. The molecule has 1 N–H and O–H groups in total. The number of hydrogen-bond donors (Lipinski definition) is 1. The Morgan fingerprint density at radius 3 is 2.05 bits per heavy atom. The summed E-state index contributed by atoms with van der Waals surface area (Å²) in [5.41, 5.74) is -5.29. The van der Waals surface area contributed by atoms with Crippen molar-refractivity contribution in [1.29, 1.82) is 0 Å². The molecule has 194 valence electrons. The predicted octanol–water partition coefficient (Wildman–Crippen LogP) is 5.61. The number of rotatable bonds is 5. The van der Waals surface area contributed by atoms with Crippen LogP contribution in [0.5, 0.6) is 5.75 Å². The zero-order valence-electron chi connectivity index (χ0n) is 19.5. The first-order chi connectivity index (χ1) is 17.3. The van der Waals surface area contributed by atoms with Crippen molar-refractivity contribution < 1.29 is 36.2 Å². The van der Waals surface area contributed by atoms with Gasteiger partial charge >= 0.3 is 12.4 Å². The van der Waals surface area contributed by atoms with E-state index in [1.807, 2.05) is 0 Å². The van der Waals surface area contributed by atoms with Crippen LogP contribution in [0.4, 0.5) is 26.3 Å². The summed E-state index contributed by atoms with van der Waals surface area (Å²) in [7, 11) is 1.42. The van der Waals surface area contributed by atoms with Gasteiger partial charge in [-0.15, -0.1) is 0 Å². The maximum absolute atomic E-state index is 13.6. The van der Waals surface area contributed by atoms with Gasteiger partial charge in [-0.3, -0.25) is 9.36 Å². The second kappa shape index (κ2) is 9.22. The minimum absolute atomic E-state index is 0.0275. The molecule has 0 aliphatic rings. The van der Waals surface area contributed by atoms with E-state index in [9.17, 15) is 36.2 Å². The van der Waals surface area contributed by atoms with E-state index in [2.05, 4.69) is 4.98 Å². The highest BCUT2D eigenvalue weighted by Gasteiger charge is 2.71. The summed E-state index contributed by atoms with van der Waals surface area (Å²) in [6.07, 6.45) is -11.9. The van der Waals surface area contributed by atoms with Crippen LogP contribution in [0, 0.1) is 6.92 Å². The van der Waals surface area contributed by atoms with Gasteiger partial charge in [-0.1, -0.05) is 42.5 Å². The summed E-state index contributed by atoms with van der Waals surface area (Å²) in [4.78, 5) is 18.2. The Balaban J connectivity index is 1.94. The third kappa shape index (κ3) is 4.55. The van der Waals surface area contributed by atoms with Crippen LogP contribution in [0.25, 0.3) is 16.6 Å². The maximum Gasteiger partial charge on any atom is 0.430 e. The van der Waals surface area contributed by atoms with Crippen LogP contribution in [0.1, 0.15) is 22.5 Å². The van der Waals surface area contributed by atoms with Crippen molar-refractivity contribution in [3.05, 3.63) is 99.6 Å². The monoisotopic (exact) mass is 522 g/mol. The molecule has 0 saturated carbocycles. The van der Waals surface area contributed by atoms with Crippen molar-refractivity contribution in [2.75, 3.05) is 7.11 Å². The van der Waals surface area contributed by atoms with Gasteiger partial charge in [0.1, 0.15) is 11.6 Å². The summed E-state index contributed by atoms with van der Waals surface area (Å²) in [6.45, 7) is 1.77. The molecular formula is C26H20F6N2O3. The van der Waals surface area contributed by atoms with Crippen molar-refractivity contribution >= 4 is 10.9 Å².